The average Bonchev–Trinajstić information content (AvgIpc) is 2.87. The van der Waals surface area contributed by atoms with E-state index in [-0.39, 0.29) is 6.10 Å². The summed E-state index contributed by atoms with van der Waals surface area (Å²) in [5, 5.41) is 16.0. The topological polar surface area (TPSA) is 32.3 Å². The predicted octanol–water partition coefficient (Wildman–Crippen LogP) is 3.19. The number of aryl methyl sites for hydroxylation is 2. The Hall–Kier alpha value is -1.38. The van der Waals surface area contributed by atoms with Gasteiger partial charge in [-0.25, -0.2) is 0 Å². The summed E-state index contributed by atoms with van der Waals surface area (Å²) < 4.78 is 0. The van der Waals surface area contributed by atoms with Crippen LogP contribution in [0.3, 0.4) is 0 Å². The average molecular weight is 269 g/mol. The maximum atomic E-state index is 9.78. The van der Waals surface area contributed by atoms with Crippen LogP contribution in [-0.2, 0) is 19.4 Å². The molecule has 106 valence electrons. The standard InChI is InChI=1S/C18H23NO/c1-2-4-16(20)12-19-11-15-10-9-14-8-7-13-5-3-6-17(15)18(13)14/h3,5-6,9-10,16,19-20H,2,4,7-8,11-12H2,1H3. The van der Waals surface area contributed by atoms with Crippen molar-refractivity contribution < 1.29 is 5.11 Å². The Morgan fingerprint density at radius 2 is 1.95 bits per heavy atom. The molecule has 1 unspecified atom stereocenters. The number of hydrogen-bond donors (Lipinski definition) is 2. The van der Waals surface area contributed by atoms with E-state index in [0.29, 0.717) is 6.54 Å². The molecule has 2 aromatic rings. The molecule has 20 heavy (non-hydrogen) atoms. The van der Waals surface area contributed by atoms with Gasteiger partial charge in [-0.3, -0.25) is 0 Å². The minimum atomic E-state index is -0.225. The van der Waals surface area contributed by atoms with Crippen LogP contribution in [0.1, 0.15) is 36.5 Å². The van der Waals surface area contributed by atoms with Crippen LogP contribution < -0.4 is 5.32 Å². The van der Waals surface area contributed by atoms with Crippen molar-refractivity contribution in [3.63, 3.8) is 0 Å². The molecule has 0 aromatic heterocycles. The molecule has 0 aliphatic heterocycles. The number of aliphatic hydroxyl groups is 1. The third-order valence-corrected chi connectivity index (χ3v) is 4.28. The first-order chi connectivity index (χ1) is 9.79. The van der Waals surface area contributed by atoms with Gasteiger partial charge in [0.25, 0.3) is 0 Å². The maximum absolute atomic E-state index is 9.78. The van der Waals surface area contributed by atoms with Crippen molar-refractivity contribution >= 4 is 10.8 Å². The molecule has 2 nitrogen and oxygen atoms in total. The van der Waals surface area contributed by atoms with Gasteiger partial charge >= 0.3 is 0 Å². The second-order valence-electron chi connectivity index (χ2n) is 5.80. The van der Waals surface area contributed by atoms with Crippen LogP contribution in [0.5, 0.6) is 0 Å². The highest BCUT2D eigenvalue weighted by Gasteiger charge is 2.15. The van der Waals surface area contributed by atoms with Gasteiger partial charge in [0.15, 0.2) is 0 Å². The minimum absolute atomic E-state index is 0.225. The SMILES string of the molecule is CCCC(O)CNCc1ccc2c3c(cccc13)CC2. The third kappa shape index (κ3) is 2.58. The molecule has 2 heteroatoms. The molecular weight excluding hydrogens is 246 g/mol. The van der Waals surface area contributed by atoms with Crippen molar-refractivity contribution in [3.8, 4) is 0 Å². The molecule has 0 heterocycles. The van der Waals surface area contributed by atoms with Crippen LogP contribution in [0.15, 0.2) is 30.3 Å². The first-order valence-corrected chi connectivity index (χ1v) is 7.70. The third-order valence-electron chi connectivity index (χ3n) is 4.28. The van der Waals surface area contributed by atoms with Gasteiger partial charge in [-0.05, 0) is 46.7 Å². The fourth-order valence-electron chi connectivity index (χ4n) is 3.27. The second-order valence-corrected chi connectivity index (χ2v) is 5.80. The number of rotatable bonds is 6. The molecule has 0 fully saturated rings. The van der Waals surface area contributed by atoms with Crippen molar-refractivity contribution in [3.05, 3.63) is 47.0 Å². The van der Waals surface area contributed by atoms with Crippen LogP contribution in [0.25, 0.3) is 10.8 Å². The Morgan fingerprint density at radius 3 is 2.75 bits per heavy atom. The summed E-state index contributed by atoms with van der Waals surface area (Å²) >= 11 is 0. The molecule has 0 saturated carbocycles. The molecule has 2 N–H and O–H groups in total. The minimum Gasteiger partial charge on any atom is -0.392 e. The lowest BCUT2D eigenvalue weighted by atomic mass is 10.00. The maximum Gasteiger partial charge on any atom is 0.0664 e. The summed E-state index contributed by atoms with van der Waals surface area (Å²) in [4.78, 5) is 0. The molecule has 0 bridgehead atoms. The summed E-state index contributed by atoms with van der Waals surface area (Å²) in [5.41, 5.74) is 4.33. The summed E-state index contributed by atoms with van der Waals surface area (Å²) in [6, 6.07) is 11.2. The van der Waals surface area contributed by atoms with Crippen molar-refractivity contribution in [2.45, 2.75) is 45.3 Å². The van der Waals surface area contributed by atoms with E-state index in [4.69, 9.17) is 0 Å². The Kier molecular flexibility index (Phi) is 4.04. The van der Waals surface area contributed by atoms with Gasteiger partial charge in [0, 0.05) is 13.1 Å². The van der Waals surface area contributed by atoms with Crippen molar-refractivity contribution in [2.75, 3.05) is 6.54 Å². The molecular formula is C18H23NO. The quantitative estimate of drug-likeness (QED) is 0.844. The fourth-order valence-corrected chi connectivity index (χ4v) is 3.27. The van der Waals surface area contributed by atoms with Crippen LogP contribution in [0.2, 0.25) is 0 Å². The number of hydrogen-bond acceptors (Lipinski definition) is 2. The fraction of sp³-hybridized carbons (Fsp3) is 0.444. The lowest BCUT2D eigenvalue weighted by molar-refractivity contribution is 0.160. The highest BCUT2D eigenvalue weighted by molar-refractivity contribution is 5.93. The molecule has 0 saturated heterocycles. The summed E-state index contributed by atoms with van der Waals surface area (Å²) in [6.45, 7) is 3.62. The lowest BCUT2D eigenvalue weighted by Gasteiger charge is -2.13. The monoisotopic (exact) mass is 269 g/mol. The van der Waals surface area contributed by atoms with Crippen molar-refractivity contribution in [1.29, 1.82) is 0 Å². The van der Waals surface area contributed by atoms with Gasteiger partial charge < -0.3 is 10.4 Å². The zero-order valence-electron chi connectivity index (χ0n) is 12.2. The molecule has 2 aromatic carbocycles. The molecule has 1 aliphatic carbocycles. The van der Waals surface area contributed by atoms with Crippen LogP contribution in [-0.4, -0.2) is 17.8 Å². The molecule has 3 rings (SSSR count). The van der Waals surface area contributed by atoms with E-state index in [1.165, 1.54) is 40.3 Å². The zero-order valence-corrected chi connectivity index (χ0v) is 12.2. The smallest absolute Gasteiger partial charge is 0.0664 e. The van der Waals surface area contributed by atoms with Gasteiger partial charge in [0.2, 0.25) is 0 Å². The normalized spacial score (nSPS) is 14.9. The highest BCUT2D eigenvalue weighted by atomic mass is 16.3. The van der Waals surface area contributed by atoms with Crippen LogP contribution in [0, 0.1) is 0 Å². The summed E-state index contributed by atoms with van der Waals surface area (Å²) in [7, 11) is 0. The van der Waals surface area contributed by atoms with Crippen molar-refractivity contribution in [2.24, 2.45) is 0 Å². The Balaban J connectivity index is 1.76. The van der Waals surface area contributed by atoms with Crippen molar-refractivity contribution in [1.82, 2.24) is 5.32 Å². The Morgan fingerprint density at radius 1 is 1.15 bits per heavy atom. The molecule has 0 spiro atoms. The summed E-state index contributed by atoms with van der Waals surface area (Å²) in [5.74, 6) is 0. The summed E-state index contributed by atoms with van der Waals surface area (Å²) in [6.07, 6.45) is 4.04. The van der Waals surface area contributed by atoms with E-state index in [2.05, 4.69) is 42.6 Å². The zero-order chi connectivity index (χ0) is 13.9. The van der Waals surface area contributed by atoms with E-state index in [0.717, 1.165) is 19.4 Å². The van der Waals surface area contributed by atoms with Gasteiger partial charge in [-0.1, -0.05) is 43.7 Å². The number of aliphatic hydroxyl groups excluding tert-OH is 1. The molecule has 0 radical (unpaired) electrons. The van der Waals surface area contributed by atoms with E-state index in [9.17, 15) is 5.11 Å². The largest absolute Gasteiger partial charge is 0.392 e. The van der Waals surface area contributed by atoms with Gasteiger partial charge in [0.1, 0.15) is 0 Å². The predicted molar refractivity (Wildman–Crippen MR) is 84.0 cm³/mol. The molecule has 1 atom stereocenters. The van der Waals surface area contributed by atoms with E-state index in [1.54, 1.807) is 0 Å². The van der Waals surface area contributed by atoms with E-state index >= 15 is 0 Å². The second kappa shape index (κ2) is 5.94. The first-order valence-electron chi connectivity index (χ1n) is 7.70. The lowest BCUT2D eigenvalue weighted by Crippen LogP contribution is -2.26. The van der Waals surface area contributed by atoms with E-state index in [1.807, 2.05) is 0 Å². The van der Waals surface area contributed by atoms with Gasteiger partial charge in [-0.15, -0.1) is 0 Å². The molecule has 1 aliphatic rings. The first kappa shape index (κ1) is 13.6. The van der Waals surface area contributed by atoms with E-state index < -0.39 is 0 Å². The Labute approximate surface area is 120 Å². The Bertz CT molecular complexity index is 595. The van der Waals surface area contributed by atoms with Crippen LogP contribution >= 0.6 is 0 Å². The number of nitrogens with one attached hydrogen (secondary N) is 1. The number of benzene rings is 2. The van der Waals surface area contributed by atoms with Gasteiger partial charge in [0.05, 0.1) is 6.10 Å². The highest BCUT2D eigenvalue weighted by Crippen LogP contribution is 2.32. The van der Waals surface area contributed by atoms with Gasteiger partial charge in [-0.2, -0.15) is 0 Å². The molecule has 0 amide bonds. The van der Waals surface area contributed by atoms with Crippen LogP contribution in [0.4, 0.5) is 0 Å².